The highest BCUT2D eigenvalue weighted by molar-refractivity contribution is 5.16. The summed E-state index contributed by atoms with van der Waals surface area (Å²) in [5.74, 6) is 0.693. The summed E-state index contributed by atoms with van der Waals surface area (Å²) in [5.41, 5.74) is 1.71. The molecule has 0 aliphatic carbocycles. The standard InChI is InChI=1S/C12H20N4O/c1-9-11(12(17)15-10(2)14-9)3-6-16-7-4-13-5-8-16/h13H,3-8H2,1-2H3,(H,14,15,17). The summed E-state index contributed by atoms with van der Waals surface area (Å²) in [6, 6.07) is 0. The summed E-state index contributed by atoms with van der Waals surface area (Å²) < 4.78 is 0. The summed E-state index contributed by atoms with van der Waals surface area (Å²) in [5, 5.41) is 3.32. The molecule has 0 bridgehead atoms. The number of aryl methyl sites for hydroxylation is 2. The molecule has 17 heavy (non-hydrogen) atoms. The molecule has 0 unspecified atom stereocenters. The molecule has 0 radical (unpaired) electrons. The number of aromatic nitrogens is 2. The summed E-state index contributed by atoms with van der Waals surface area (Å²) in [4.78, 5) is 21.3. The van der Waals surface area contributed by atoms with Crippen LogP contribution in [0.5, 0.6) is 0 Å². The molecule has 0 amide bonds. The molecule has 1 fully saturated rings. The fourth-order valence-electron chi connectivity index (χ4n) is 2.25. The molecule has 5 heteroatoms. The van der Waals surface area contributed by atoms with Gasteiger partial charge in [0.2, 0.25) is 0 Å². The van der Waals surface area contributed by atoms with Crippen molar-refractivity contribution in [3.05, 3.63) is 27.4 Å². The smallest absolute Gasteiger partial charge is 0.254 e. The van der Waals surface area contributed by atoms with Gasteiger partial charge in [-0.1, -0.05) is 0 Å². The highest BCUT2D eigenvalue weighted by Gasteiger charge is 2.12. The highest BCUT2D eigenvalue weighted by atomic mass is 16.1. The first-order valence-corrected chi connectivity index (χ1v) is 6.16. The number of nitrogens with one attached hydrogen (secondary N) is 2. The SMILES string of the molecule is Cc1nc(C)c(CCN2CCNCC2)c(=O)[nH]1. The lowest BCUT2D eigenvalue weighted by molar-refractivity contribution is 0.243. The van der Waals surface area contributed by atoms with Gasteiger partial charge in [-0.2, -0.15) is 0 Å². The lowest BCUT2D eigenvalue weighted by Crippen LogP contribution is -2.44. The molecule has 5 nitrogen and oxygen atoms in total. The van der Waals surface area contributed by atoms with Gasteiger partial charge in [0.25, 0.3) is 5.56 Å². The summed E-state index contributed by atoms with van der Waals surface area (Å²) in [7, 11) is 0. The Morgan fingerprint density at radius 1 is 1.29 bits per heavy atom. The van der Waals surface area contributed by atoms with Crippen LogP contribution in [0.25, 0.3) is 0 Å². The summed E-state index contributed by atoms with van der Waals surface area (Å²) in [6.07, 6.45) is 0.786. The highest BCUT2D eigenvalue weighted by Crippen LogP contribution is 2.02. The van der Waals surface area contributed by atoms with Crippen molar-refractivity contribution < 1.29 is 0 Å². The van der Waals surface area contributed by atoms with Crippen LogP contribution in [-0.4, -0.2) is 47.6 Å². The Morgan fingerprint density at radius 2 is 2.00 bits per heavy atom. The topological polar surface area (TPSA) is 61.0 Å². The third-order valence-corrected chi connectivity index (χ3v) is 3.23. The van der Waals surface area contributed by atoms with Gasteiger partial charge in [-0.15, -0.1) is 0 Å². The minimum Gasteiger partial charge on any atom is -0.314 e. The Balaban J connectivity index is 2.01. The molecule has 0 aromatic carbocycles. The Morgan fingerprint density at radius 3 is 2.65 bits per heavy atom. The zero-order valence-corrected chi connectivity index (χ0v) is 10.5. The molecule has 2 rings (SSSR count). The molecule has 1 aromatic rings. The zero-order valence-electron chi connectivity index (χ0n) is 10.5. The van der Waals surface area contributed by atoms with Crippen LogP contribution in [-0.2, 0) is 6.42 Å². The van der Waals surface area contributed by atoms with Gasteiger partial charge in [0.05, 0.1) is 0 Å². The van der Waals surface area contributed by atoms with Crippen molar-refractivity contribution in [1.82, 2.24) is 20.2 Å². The van der Waals surface area contributed by atoms with Crippen LogP contribution in [0.15, 0.2) is 4.79 Å². The van der Waals surface area contributed by atoms with Crippen LogP contribution < -0.4 is 10.9 Å². The molecule has 1 aromatic heterocycles. The second-order valence-electron chi connectivity index (χ2n) is 4.56. The quantitative estimate of drug-likeness (QED) is 0.765. The van der Waals surface area contributed by atoms with Crippen molar-refractivity contribution in [2.45, 2.75) is 20.3 Å². The third kappa shape index (κ3) is 3.14. The molecule has 0 saturated carbocycles. The molecule has 1 aliphatic heterocycles. The van der Waals surface area contributed by atoms with Crippen LogP contribution in [0.1, 0.15) is 17.1 Å². The Labute approximate surface area is 101 Å². The first-order valence-electron chi connectivity index (χ1n) is 6.16. The van der Waals surface area contributed by atoms with Crippen molar-refractivity contribution >= 4 is 0 Å². The maximum absolute atomic E-state index is 11.8. The normalized spacial score (nSPS) is 17.3. The largest absolute Gasteiger partial charge is 0.314 e. The van der Waals surface area contributed by atoms with Crippen molar-refractivity contribution in [1.29, 1.82) is 0 Å². The predicted octanol–water partition coefficient (Wildman–Crippen LogP) is -0.166. The first-order chi connectivity index (χ1) is 8.16. The number of nitrogens with zero attached hydrogens (tertiary/aromatic N) is 2. The van der Waals surface area contributed by atoms with Crippen molar-refractivity contribution in [3.8, 4) is 0 Å². The fourth-order valence-corrected chi connectivity index (χ4v) is 2.25. The van der Waals surface area contributed by atoms with E-state index in [1.807, 2.05) is 13.8 Å². The summed E-state index contributed by atoms with van der Waals surface area (Å²) in [6.45, 7) is 8.88. The van der Waals surface area contributed by atoms with Crippen LogP contribution in [0.3, 0.4) is 0 Å². The Kier molecular flexibility index (Phi) is 3.91. The average molecular weight is 236 g/mol. The number of rotatable bonds is 3. The van der Waals surface area contributed by atoms with Gasteiger partial charge in [0.15, 0.2) is 0 Å². The van der Waals surface area contributed by atoms with Gasteiger partial charge in [-0.3, -0.25) is 4.79 Å². The van der Waals surface area contributed by atoms with Gasteiger partial charge < -0.3 is 15.2 Å². The second-order valence-corrected chi connectivity index (χ2v) is 4.56. The van der Waals surface area contributed by atoms with E-state index in [4.69, 9.17) is 0 Å². The average Bonchev–Trinajstić information content (AvgIpc) is 2.29. The van der Waals surface area contributed by atoms with Crippen molar-refractivity contribution in [2.75, 3.05) is 32.7 Å². The van der Waals surface area contributed by atoms with Crippen LogP contribution in [0.4, 0.5) is 0 Å². The molecule has 2 N–H and O–H groups in total. The third-order valence-electron chi connectivity index (χ3n) is 3.23. The molecule has 94 valence electrons. The van der Waals surface area contributed by atoms with E-state index in [1.54, 1.807) is 0 Å². The monoisotopic (exact) mass is 236 g/mol. The number of H-pyrrole nitrogens is 1. The van der Waals surface area contributed by atoms with E-state index < -0.39 is 0 Å². The van der Waals surface area contributed by atoms with E-state index in [0.717, 1.165) is 50.4 Å². The van der Waals surface area contributed by atoms with E-state index in [9.17, 15) is 4.79 Å². The molecule has 1 aliphatic rings. The molecular formula is C12H20N4O. The van der Waals surface area contributed by atoms with Crippen molar-refractivity contribution in [2.24, 2.45) is 0 Å². The molecule has 0 atom stereocenters. The van der Waals surface area contributed by atoms with Gasteiger partial charge in [-0.25, -0.2) is 4.98 Å². The molecule has 2 heterocycles. The van der Waals surface area contributed by atoms with E-state index >= 15 is 0 Å². The van der Waals surface area contributed by atoms with Crippen LogP contribution in [0.2, 0.25) is 0 Å². The number of piperazine rings is 1. The minimum atomic E-state index is 0.0186. The lowest BCUT2D eigenvalue weighted by atomic mass is 10.1. The first kappa shape index (κ1) is 12.3. The number of hydrogen-bond acceptors (Lipinski definition) is 4. The van der Waals surface area contributed by atoms with Gasteiger partial charge in [0.1, 0.15) is 5.82 Å². The van der Waals surface area contributed by atoms with Crippen LogP contribution >= 0.6 is 0 Å². The number of aromatic amines is 1. The van der Waals surface area contributed by atoms with E-state index in [2.05, 4.69) is 20.2 Å². The van der Waals surface area contributed by atoms with Gasteiger partial charge in [-0.05, 0) is 20.3 Å². The van der Waals surface area contributed by atoms with E-state index in [-0.39, 0.29) is 5.56 Å². The molecule has 0 spiro atoms. The maximum atomic E-state index is 11.8. The zero-order chi connectivity index (χ0) is 12.3. The van der Waals surface area contributed by atoms with Gasteiger partial charge >= 0.3 is 0 Å². The van der Waals surface area contributed by atoms with E-state index in [0.29, 0.717) is 5.82 Å². The Hall–Kier alpha value is -1.20. The van der Waals surface area contributed by atoms with Crippen LogP contribution in [0, 0.1) is 13.8 Å². The number of hydrogen-bond donors (Lipinski definition) is 2. The van der Waals surface area contributed by atoms with E-state index in [1.165, 1.54) is 0 Å². The maximum Gasteiger partial charge on any atom is 0.254 e. The molecule has 1 saturated heterocycles. The lowest BCUT2D eigenvalue weighted by Gasteiger charge is -2.27. The fraction of sp³-hybridized carbons (Fsp3) is 0.667. The minimum absolute atomic E-state index is 0.0186. The summed E-state index contributed by atoms with van der Waals surface area (Å²) >= 11 is 0. The predicted molar refractivity (Wildman–Crippen MR) is 67.3 cm³/mol. The Bertz CT molecular complexity index is 435. The van der Waals surface area contributed by atoms with Crippen molar-refractivity contribution in [3.63, 3.8) is 0 Å². The molecular weight excluding hydrogens is 216 g/mol. The van der Waals surface area contributed by atoms with Gasteiger partial charge in [0, 0.05) is 44.0 Å². The second kappa shape index (κ2) is 5.42.